The van der Waals surface area contributed by atoms with Crippen LogP contribution < -0.4 is 10.6 Å². The van der Waals surface area contributed by atoms with Gasteiger partial charge in [0.25, 0.3) is 0 Å². The molecule has 0 spiro atoms. The zero-order valence-electron chi connectivity index (χ0n) is 23.3. The third-order valence-corrected chi connectivity index (χ3v) is 6.26. The average molecular weight is 524 g/mol. The second kappa shape index (κ2) is 12.3. The molecular formula is C30H41N3O5. The summed E-state index contributed by atoms with van der Waals surface area (Å²) in [5.41, 5.74) is 1.44. The maximum Gasteiger partial charge on any atom is 0.408 e. The fourth-order valence-electron chi connectivity index (χ4n) is 4.36. The van der Waals surface area contributed by atoms with Crippen molar-refractivity contribution in [3.63, 3.8) is 0 Å². The number of hydrogen-bond acceptors (Lipinski definition) is 5. The van der Waals surface area contributed by atoms with Gasteiger partial charge in [-0.3, -0.25) is 9.59 Å². The fourth-order valence-corrected chi connectivity index (χ4v) is 4.36. The SMILES string of the molecule is Cc1cc(C(C(=O)NCc2ccccc2)N(C(=O)C(CC(C)C)NC(=O)OC(C)(C)C)C2CC2)ccc1O. The van der Waals surface area contributed by atoms with Gasteiger partial charge in [0.15, 0.2) is 0 Å². The zero-order chi connectivity index (χ0) is 28.0. The molecule has 2 aromatic rings. The summed E-state index contributed by atoms with van der Waals surface area (Å²) in [4.78, 5) is 42.2. The highest BCUT2D eigenvalue weighted by Crippen LogP contribution is 2.37. The molecule has 206 valence electrons. The van der Waals surface area contributed by atoms with Crippen LogP contribution >= 0.6 is 0 Å². The molecule has 0 bridgehead atoms. The highest BCUT2D eigenvalue weighted by molar-refractivity contribution is 5.92. The molecule has 1 aliphatic rings. The molecule has 0 radical (unpaired) electrons. The number of alkyl carbamates (subject to hydrolysis) is 1. The predicted octanol–water partition coefficient (Wildman–Crippen LogP) is 4.99. The normalized spacial score (nSPS) is 14.9. The molecule has 8 nitrogen and oxygen atoms in total. The highest BCUT2D eigenvalue weighted by atomic mass is 16.6. The number of phenols is 1. The van der Waals surface area contributed by atoms with Gasteiger partial charge in [0.2, 0.25) is 11.8 Å². The minimum atomic E-state index is -0.923. The van der Waals surface area contributed by atoms with Gasteiger partial charge in [-0.15, -0.1) is 0 Å². The summed E-state index contributed by atoms with van der Waals surface area (Å²) >= 11 is 0. The summed E-state index contributed by atoms with van der Waals surface area (Å²) in [5, 5.41) is 15.9. The van der Waals surface area contributed by atoms with Crippen LogP contribution in [0.5, 0.6) is 5.75 Å². The molecular weight excluding hydrogens is 482 g/mol. The molecule has 38 heavy (non-hydrogen) atoms. The summed E-state index contributed by atoms with van der Waals surface area (Å²) in [6.07, 6.45) is 1.27. The van der Waals surface area contributed by atoms with Crippen LogP contribution in [-0.2, 0) is 20.9 Å². The molecule has 0 saturated heterocycles. The van der Waals surface area contributed by atoms with E-state index in [1.165, 1.54) is 0 Å². The fraction of sp³-hybridized carbons (Fsp3) is 0.500. The van der Waals surface area contributed by atoms with Crippen molar-refractivity contribution in [2.45, 2.75) is 91.1 Å². The minimum absolute atomic E-state index is 0.112. The Hall–Kier alpha value is -3.55. The lowest BCUT2D eigenvalue weighted by atomic mass is 9.97. The minimum Gasteiger partial charge on any atom is -0.508 e. The Balaban J connectivity index is 1.95. The number of nitrogens with zero attached hydrogens (tertiary/aromatic N) is 1. The van der Waals surface area contributed by atoms with E-state index in [9.17, 15) is 19.5 Å². The number of ether oxygens (including phenoxy) is 1. The van der Waals surface area contributed by atoms with E-state index < -0.39 is 23.8 Å². The summed E-state index contributed by atoms with van der Waals surface area (Å²) < 4.78 is 5.44. The number of aromatic hydroxyl groups is 1. The molecule has 1 saturated carbocycles. The Morgan fingerprint density at radius 2 is 1.74 bits per heavy atom. The van der Waals surface area contributed by atoms with E-state index in [-0.39, 0.29) is 29.5 Å². The number of hydrogen-bond donors (Lipinski definition) is 3. The van der Waals surface area contributed by atoms with Crippen molar-refractivity contribution in [1.29, 1.82) is 0 Å². The standard InChI is InChI=1S/C30H41N3O5/c1-19(2)16-24(32-29(37)38-30(4,5)6)28(36)33(23-13-14-23)26(22-12-15-25(34)20(3)17-22)27(35)31-18-21-10-8-7-9-11-21/h7-12,15,17,19,23-24,26,34H,13-14,16,18H2,1-6H3,(H,31,35)(H,32,37). The monoisotopic (exact) mass is 523 g/mol. The lowest BCUT2D eigenvalue weighted by molar-refractivity contribution is -0.143. The molecule has 2 aromatic carbocycles. The predicted molar refractivity (Wildman–Crippen MR) is 146 cm³/mol. The number of amides is 3. The van der Waals surface area contributed by atoms with E-state index in [2.05, 4.69) is 10.6 Å². The van der Waals surface area contributed by atoms with Gasteiger partial charge in [0.1, 0.15) is 23.4 Å². The second-order valence-corrected chi connectivity index (χ2v) is 11.5. The molecule has 0 heterocycles. The Morgan fingerprint density at radius 1 is 1.08 bits per heavy atom. The molecule has 3 rings (SSSR count). The van der Waals surface area contributed by atoms with Gasteiger partial charge in [0, 0.05) is 12.6 Å². The number of carbonyl (C=O) groups excluding carboxylic acids is 3. The second-order valence-electron chi connectivity index (χ2n) is 11.5. The quantitative estimate of drug-likeness (QED) is 0.407. The molecule has 1 aliphatic carbocycles. The van der Waals surface area contributed by atoms with Gasteiger partial charge < -0.3 is 25.4 Å². The zero-order valence-corrected chi connectivity index (χ0v) is 23.3. The lowest BCUT2D eigenvalue weighted by Crippen LogP contribution is -2.54. The topological polar surface area (TPSA) is 108 Å². The maximum atomic E-state index is 14.1. The van der Waals surface area contributed by atoms with Crippen molar-refractivity contribution >= 4 is 17.9 Å². The van der Waals surface area contributed by atoms with Crippen molar-refractivity contribution in [3.05, 3.63) is 65.2 Å². The summed E-state index contributed by atoms with van der Waals surface area (Å²) in [5.74, 6) is -0.413. The summed E-state index contributed by atoms with van der Waals surface area (Å²) in [6, 6.07) is 12.6. The van der Waals surface area contributed by atoms with Crippen LogP contribution in [0, 0.1) is 12.8 Å². The number of rotatable bonds is 10. The lowest BCUT2D eigenvalue weighted by Gasteiger charge is -2.35. The van der Waals surface area contributed by atoms with E-state index >= 15 is 0 Å². The first kappa shape index (κ1) is 29.0. The van der Waals surface area contributed by atoms with Gasteiger partial charge in [-0.2, -0.15) is 0 Å². The van der Waals surface area contributed by atoms with Crippen molar-refractivity contribution in [2.75, 3.05) is 0 Å². The van der Waals surface area contributed by atoms with Gasteiger partial charge in [-0.25, -0.2) is 4.79 Å². The third kappa shape index (κ3) is 8.23. The molecule has 1 fully saturated rings. The van der Waals surface area contributed by atoms with Crippen LogP contribution in [0.15, 0.2) is 48.5 Å². The molecule has 3 N–H and O–H groups in total. The van der Waals surface area contributed by atoms with Gasteiger partial charge in [0.05, 0.1) is 0 Å². The maximum absolute atomic E-state index is 14.1. The van der Waals surface area contributed by atoms with Gasteiger partial charge in [-0.05, 0) is 81.7 Å². The van der Waals surface area contributed by atoms with Crippen LogP contribution in [0.1, 0.15) is 76.6 Å². The summed E-state index contributed by atoms with van der Waals surface area (Å²) in [6.45, 7) is 11.3. The third-order valence-electron chi connectivity index (χ3n) is 6.26. The first-order chi connectivity index (χ1) is 17.9. The van der Waals surface area contributed by atoms with Crippen LogP contribution in [0.4, 0.5) is 4.79 Å². The number of aryl methyl sites for hydroxylation is 1. The Labute approximate surface area is 225 Å². The van der Waals surface area contributed by atoms with Crippen LogP contribution in [0.2, 0.25) is 0 Å². The molecule has 0 aromatic heterocycles. The van der Waals surface area contributed by atoms with Gasteiger partial charge >= 0.3 is 6.09 Å². The average Bonchev–Trinajstić information content (AvgIpc) is 3.66. The first-order valence-electron chi connectivity index (χ1n) is 13.3. The van der Waals surface area contributed by atoms with E-state index in [4.69, 9.17) is 4.74 Å². The largest absolute Gasteiger partial charge is 0.508 e. The Morgan fingerprint density at radius 3 is 2.29 bits per heavy atom. The number of nitrogens with one attached hydrogen (secondary N) is 2. The van der Waals surface area contributed by atoms with E-state index in [0.29, 0.717) is 24.1 Å². The van der Waals surface area contributed by atoms with Crippen molar-refractivity contribution in [1.82, 2.24) is 15.5 Å². The van der Waals surface area contributed by atoms with E-state index in [1.807, 2.05) is 44.2 Å². The number of phenolic OH excluding ortho intramolecular Hbond substituents is 1. The molecule has 0 aliphatic heterocycles. The molecule has 2 unspecified atom stereocenters. The Kier molecular flexibility index (Phi) is 9.41. The molecule has 8 heteroatoms. The van der Waals surface area contributed by atoms with Crippen LogP contribution in [0.25, 0.3) is 0 Å². The Bertz CT molecular complexity index is 1120. The number of carbonyl (C=O) groups is 3. The number of benzene rings is 2. The molecule has 3 amide bonds. The van der Waals surface area contributed by atoms with Crippen molar-refractivity contribution in [3.8, 4) is 5.75 Å². The van der Waals surface area contributed by atoms with Crippen LogP contribution in [0.3, 0.4) is 0 Å². The van der Waals surface area contributed by atoms with Crippen LogP contribution in [-0.4, -0.2) is 45.6 Å². The van der Waals surface area contributed by atoms with E-state index in [0.717, 1.165) is 18.4 Å². The smallest absolute Gasteiger partial charge is 0.408 e. The van der Waals surface area contributed by atoms with Crippen molar-refractivity contribution < 1.29 is 24.2 Å². The summed E-state index contributed by atoms with van der Waals surface area (Å²) in [7, 11) is 0. The van der Waals surface area contributed by atoms with Gasteiger partial charge in [-0.1, -0.05) is 50.2 Å². The highest BCUT2D eigenvalue weighted by Gasteiger charge is 2.44. The van der Waals surface area contributed by atoms with E-state index in [1.54, 1.807) is 50.8 Å². The van der Waals surface area contributed by atoms with Crippen molar-refractivity contribution in [2.24, 2.45) is 5.92 Å². The first-order valence-corrected chi connectivity index (χ1v) is 13.3. The molecule has 2 atom stereocenters.